The molecule has 3 heterocycles. The number of nitriles is 1. The van der Waals surface area contributed by atoms with E-state index in [9.17, 15) is 14.4 Å². The van der Waals surface area contributed by atoms with Gasteiger partial charge in [0.2, 0.25) is 0 Å². The molecule has 1 aliphatic heterocycles. The number of rotatable bonds is 15. The molecule has 2 aromatic carbocycles. The van der Waals surface area contributed by atoms with Gasteiger partial charge < -0.3 is 41.0 Å². The standard InChI is InChI=1S/C15H14N2O3S.C10H20N2O6S2.C10H6N2/c18-7-8-20-15(19)13-9-21-14(17-13)12-6-5-10-3-1-2-4-11(10)16-12;11-7(9(15)17-3-1-13)5-19-20-6-8(12)10(16)18-4-2-14;11-7-9-6-5-8-3-1-2-4-10(8)12-9/h1-6,13,18H,7-9H2;7-8,13-14H,1-6,11-12H2;1-6H/p+2/t13-;;/m1../s1. The van der Waals surface area contributed by atoms with Gasteiger partial charge in [0.15, 0.2) is 18.1 Å². The van der Waals surface area contributed by atoms with Crippen LogP contribution in [0.1, 0.15) is 11.4 Å². The number of carbonyl (C=O) groups excluding carboxylic acids is 3. The number of hydrogen-bond acceptors (Lipinski definition) is 16. The van der Waals surface area contributed by atoms with Crippen molar-refractivity contribution in [1.29, 1.82) is 5.26 Å². The number of para-hydroxylation sites is 2. The molecule has 0 saturated carbocycles. The van der Waals surface area contributed by atoms with Crippen LogP contribution in [-0.2, 0) is 28.6 Å². The number of aliphatic imine (C=N–C) groups is 1. The third kappa shape index (κ3) is 14.9. The number of aliphatic hydroxyl groups excluding tert-OH is 3. The zero-order valence-electron chi connectivity index (χ0n) is 28.7. The van der Waals surface area contributed by atoms with Crippen LogP contribution in [0.4, 0.5) is 0 Å². The molecule has 5 rings (SSSR count). The highest BCUT2D eigenvalue weighted by atomic mass is 33.1. The first-order chi connectivity index (χ1) is 25.7. The fourth-order valence-corrected chi connectivity index (χ4v) is 7.46. The second-order valence-corrected chi connectivity index (χ2v) is 14.3. The minimum absolute atomic E-state index is 0.0130. The van der Waals surface area contributed by atoms with Gasteiger partial charge in [-0.05, 0) is 30.3 Å². The van der Waals surface area contributed by atoms with Gasteiger partial charge >= 0.3 is 17.9 Å². The summed E-state index contributed by atoms with van der Waals surface area (Å²) in [4.78, 5) is 47.5. The molecule has 0 bridgehead atoms. The third-order valence-corrected chi connectivity index (χ3v) is 10.4. The van der Waals surface area contributed by atoms with Crippen molar-refractivity contribution in [2.75, 3.05) is 56.9 Å². The van der Waals surface area contributed by atoms with Gasteiger partial charge in [0, 0.05) is 16.5 Å². The van der Waals surface area contributed by atoms with Crippen molar-refractivity contribution in [1.82, 2.24) is 9.97 Å². The Bertz CT molecular complexity index is 1840. The minimum Gasteiger partial charge on any atom is -0.462 e. The molecule has 53 heavy (non-hydrogen) atoms. The van der Waals surface area contributed by atoms with Crippen molar-refractivity contribution in [2.45, 2.75) is 18.1 Å². The van der Waals surface area contributed by atoms with E-state index >= 15 is 0 Å². The van der Waals surface area contributed by atoms with Crippen molar-refractivity contribution in [2.24, 2.45) is 4.99 Å². The van der Waals surface area contributed by atoms with E-state index in [1.165, 1.54) is 33.3 Å². The molecule has 0 radical (unpaired) electrons. The van der Waals surface area contributed by atoms with Crippen molar-refractivity contribution in [3.05, 3.63) is 84.2 Å². The van der Waals surface area contributed by atoms with E-state index < -0.39 is 36.0 Å². The highest BCUT2D eigenvalue weighted by Gasteiger charge is 2.27. The maximum atomic E-state index is 11.7. The minimum atomic E-state index is -0.524. The number of aliphatic hydroxyl groups is 3. The lowest BCUT2D eigenvalue weighted by Gasteiger charge is -2.09. The fourth-order valence-electron chi connectivity index (χ4n) is 4.12. The number of thioether (sulfide) groups is 1. The van der Waals surface area contributed by atoms with Crippen LogP contribution in [0.5, 0.6) is 0 Å². The number of quaternary nitrogens is 2. The topological polar surface area (TPSA) is 257 Å². The van der Waals surface area contributed by atoms with Crippen LogP contribution >= 0.6 is 33.3 Å². The van der Waals surface area contributed by atoms with Gasteiger partial charge in [-0.3, -0.25) is 4.99 Å². The van der Waals surface area contributed by atoms with Crippen LogP contribution in [-0.4, -0.2) is 123 Å². The normalized spacial score (nSPS) is 14.3. The average Bonchev–Trinajstić information content (AvgIpc) is 3.70. The number of nitrogens with zero attached hydrogens (tertiary/aromatic N) is 4. The summed E-state index contributed by atoms with van der Waals surface area (Å²) in [6.07, 6.45) is 0. The third-order valence-electron chi connectivity index (χ3n) is 6.75. The molecular weight excluding hydrogens is 745 g/mol. The molecule has 0 fully saturated rings. The highest BCUT2D eigenvalue weighted by Crippen LogP contribution is 2.25. The SMILES string of the molecule is N#Cc1ccc2ccccc2n1.O=C(OCCO)[C@H]1CSC(c2ccc3ccccc3n2)=N1.[NH3+]C(CSSCC([NH3+])C(=O)OCCO)C(=O)OCCO. The number of aromatic nitrogens is 2. The number of hydrogen-bond donors (Lipinski definition) is 5. The molecule has 4 aromatic rings. The lowest BCUT2D eigenvalue weighted by Crippen LogP contribution is -2.67. The van der Waals surface area contributed by atoms with Gasteiger partial charge in [0.1, 0.15) is 36.6 Å². The molecule has 15 nitrogen and oxygen atoms in total. The lowest BCUT2D eigenvalue weighted by atomic mass is 10.2. The predicted octanol–water partition coefficient (Wildman–Crippen LogP) is 0.399. The zero-order valence-corrected chi connectivity index (χ0v) is 31.2. The number of fused-ring (bicyclic) bond motifs is 2. The number of carbonyl (C=O) groups is 3. The molecule has 0 amide bonds. The van der Waals surface area contributed by atoms with Crippen molar-refractivity contribution < 1.29 is 55.4 Å². The summed E-state index contributed by atoms with van der Waals surface area (Å²) in [7, 11) is 2.77. The Morgan fingerprint density at radius 1 is 0.774 bits per heavy atom. The Morgan fingerprint density at radius 3 is 1.83 bits per heavy atom. The number of pyridine rings is 2. The summed E-state index contributed by atoms with van der Waals surface area (Å²) in [5.41, 5.74) is 10.3. The monoisotopic (exact) mass is 786 g/mol. The summed E-state index contributed by atoms with van der Waals surface area (Å²) in [5.74, 6) is 0.114. The van der Waals surface area contributed by atoms with Gasteiger partial charge in [-0.2, -0.15) is 5.26 Å². The first-order valence-electron chi connectivity index (χ1n) is 16.3. The smallest absolute Gasteiger partial charge is 0.365 e. The quantitative estimate of drug-likeness (QED) is 0.0473. The van der Waals surface area contributed by atoms with Crippen LogP contribution in [0, 0.1) is 11.3 Å². The van der Waals surface area contributed by atoms with Gasteiger partial charge in [-0.25, -0.2) is 24.4 Å². The van der Waals surface area contributed by atoms with E-state index in [4.69, 9.17) is 34.8 Å². The van der Waals surface area contributed by atoms with Crippen LogP contribution in [0.3, 0.4) is 0 Å². The van der Waals surface area contributed by atoms with Crippen molar-refractivity contribution >= 4 is 78.1 Å². The summed E-state index contributed by atoms with van der Waals surface area (Å²) in [6, 6.07) is 23.6. The molecule has 2 aromatic heterocycles. The molecular formula is C35H42N6O9S3+2. The number of benzene rings is 2. The summed E-state index contributed by atoms with van der Waals surface area (Å²) >= 11 is 1.50. The van der Waals surface area contributed by atoms with Gasteiger partial charge in [-0.1, -0.05) is 64.1 Å². The lowest BCUT2D eigenvalue weighted by molar-refractivity contribution is -0.401. The fraction of sp³-hybridized carbons (Fsp3) is 0.343. The Kier molecular flexibility index (Phi) is 19.6. The van der Waals surface area contributed by atoms with E-state index in [2.05, 4.69) is 26.4 Å². The molecule has 0 aliphatic carbocycles. The van der Waals surface area contributed by atoms with Crippen LogP contribution < -0.4 is 11.5 Å². The molecule has 9 N–H and O–H groups in total. The Balaban J connectivity index is 0.000000222. The van der Waals surface area contributed by atoms with E-state index in [-0.39, 0.29) is 39.6 Å². The number of ether oxygens (including phenoxy) is 3. The van der Waals surface area contributed by atoms with E-state index in [1.54, 1.807) is 6.07 Å². The second kappa shape index (κ2) is 24.1. The predicted molar refractivity (Wildman–Crippen MR) is 203 cm³/mol. The number of esters is 3. The Hall–Kier alpha value is -4.32. The first-order valence-corrected chi connectivity index (χ1v) is 19.7. The second-order valence-electron chi connectivity index (χ2n) is 10.8. The molecule has 0 saturated heterocycles. The Labute approximate surface area is 317 Å². The molecule has 0 spiro atoms. The molecule has 18 heteroatoms. The molecule has 3 atom stereocenters. The Morgan fingerprint density at radius 2 is 1.28 bits per heavy atom. The van der Waals surface area contributed by atoms with Crippen LogP contribution in [0.15, 0.2) is 77.8 Å². The molecule has 1 aliphatic rings. The zero-order chi connectivity index (χ0) is 38.4. The van der Waals surface area contributed by atoms with Crippen molar-refractivity contribution in [3.63, 3.8) is 0 Å². The van der Waals surface area contributed by atoms with Crippen molar-refractivity contribution in [3.8, 4) is 6.07 Å². The maximum Gasteiger partial charge on any atom is 0.365 e. The maximum absolute atomic E-state index is 11.7. The van der Waals surface area contributed by atoms with E-state index in [0.717, 1.165) is 32.5 Å². The van der Waals surface area contributed by atoms with Gasteiger partial charge in [-0.15, -0.1) is 11.8 Å². The molecule has 2 unspecified atom stereocenters. The highest BCUT2D eigenvalue weighted by molar-refractivity contribution is 8.76. The summed E-state index contributed by atoms with van der Waals surface area (Å²) in [6.45, 7) is -0.632. The average molecular weight is 787 g/mol. The first kappa shape index (κ1) is 43.1. The summed E-state index contributed by atoms with van der Waals surface area (Å²) < 4.78 is 14.4. The molecule has 282 valence electrons. The van der Waals surface area contributed by atoms with Crippen LogP contribution in [0.2, 0.25) is 0 Å². The van der Waals surface area contributed by atoms with E-state index in [0.29, 0.717) is 23.0 Å². The summed E-state index contributed by atoms with van der Waals surface area (Å²) in [5, 5.41) is 37.2. The van der Waals surface area contributed by atoms with Gasteiger partial charge in [0.25, 0.3) is 0 Å². The van der Waals surface area contributed by atoms with Gasteiger partial charge in [0.05, 0.1) is 48.1 Å². The largest absolute Gasteiger partial charge is 0.462 e. The van der Waals surface area contributed by atoms with Crippen LogP contribution in [0.25, 0.3) is 21.8 Å². The van der Waals surface area contributed by atoms with E-state index in [1.807, 2.05) is 72.8 Å².